The summed E-state index contributed by atoms with van der Waals surface area (Å²) in [5, 5.41) is 13.4. The molecule has 0 unspecified atom stereocenters. The SMILES string of the molecule is Fc1cccc(COc2ccc(Nc3ncnc4ccc(-c5cn(CCN6CCCCC6)nn5)cc34)cc2Cl)c1. The van der Waals surface area contributed by atoms with Gasteiger partial charge >= 0.3 is 0 Å². The molecule has 0 saturated carbocycles. The van der Waals surface area contributed by atoms with Crippen LogP contribution in [-0.2, 0) is 13.2 Å². The summed E-state index contributed by atoms with van der Waals surface area (Å²) < 4.78 is 21.2. The van der Waals surface area contributed by atoms with E-state index in [0.717, 1.165) is 59.6 Å². The number of piperidine rings is 1. The van der Waals surface area contributed by atoms with E-state index in [1.165, 1.54) is 37.7 Å². The first-order valence-electron chi connectivity index (χ1n) is 13.4. The van der Waals surface area contributed by atoms with Gasteiger partial charge in [-0.3, -0.25) is 4.68 Å². The molecule has 0 radical (unpaired) electrons. The first-order valence-corrected chi connectivity index (χ1v) is 13.8. The Bertz CT molecular complexity index is 1620. The van der Waals surface area contributed by atoms with Gasteiger partial charge in [-0.05, 0) is 74.0 Å². The quantitative estimate of drug-likeness (QED) is 0.222. The average molecular weight is 558 g/mol. The molecular formula is C30H29ClFN7O. The minimum atomic E-state index is -0.301. The number of hydrogen-bond acceptors (Lipinski definition) is 7. The number of anilines is 2. The molecule has 1 fully saturated rings. The Morgan fingerprint density at radius 3 is 2.70 bits per heavy atom. The van der Waals surface area contributed by atoms with Gasteiger partial charge in [0.2, 0.25) is 0 Å². The lowest BCUT2D eigenvalue weighted by molar-refractivity contribution is 0.217. The van der Waals surface area contributed by atoms with Crippen molar-refractivity contribution in [3.8, 4) is 17.0 Å². The second-order valence-electron chi connectivity index (χ2n) is 9.91. The molecule has 40 heavy (non-hydrogen) atoms. The van der Waals surface area contributed by atoms with Crippen molar-refractivity contribution in [3.05, 3.63) is 89.6 Å². The summed E-state index contributed by atoms with van der Waals surface area (Å²) in [5.74, 6) is 0.855. The number of rotatable bonds is 9. The van der Waals surface area contributed by atoms with Gasteiger partial charge in [0.1, 0.15) is 36.0 Å². The van der Waals surface area contributed by atoms with Crippen molar-refractivity contribution in [2.75, 3.05) is 25.0 Å². The molecule has 3 aromatic carbocycles. The highest BCUT2D eigenvalue weighted by molar-refractivity contribution is 6.32. The Morgan fingerprint density at radius 1 is 0.950 bits per heavy atom. The van der Waals surface area contributed by atoms with Gasteiger partial charge in [-0.2, -0.15) is 0 Å². The number of aromatic nitrogens is 5. The van der Waals surface area contributed by atoms with Gasteiger partial charge in [0.15, 0.2) is 0 Å². The molecule has 0 spiro atoms. The Balaban J connectivity index is 1.16. The number of halogens is 2. The molecule has 1 saturated heterocycles. The topological polar surface area (TPSA) is 81.0 Å². The van der Waals surface area contributed by atoms with E-state index in [1.54, 1.807) is 24.3 Å². The van der Waals surface area contributed by atoms with E-state index >= 15 is 0 Å². The molecule has 0 aliphatic carbocycles. The first kappa shape index (κ1) is 26.2. The molecule has 204 valence electrons. The standard InChI is InChI=1S/C30H29ClFN7O/c31-26-17-24(8-10-29(26)40-19-21-5-4-6-23(32)15-21)35-30-25-16-22(7-9-27(25)33-20-34-30)28-18-39(37-36-28)14-13-38-11-2-1-3-12-38/h4-10,15-18,20H,1-3,11-14,19H2,(H,33,34,35). The van der Waals surface area contributed by atoms with Crippen molar-refractivity contribution in [2.45, 2.75) is 32.4 Å². The number of fused-ring (bicyclic) bond motifs is 1. The fourth-order valence-electron chi connectivity index (χ4n) is 4.90. The molecule has 0 bridgehead atoms. The summed E-state index contributed by atoms with van der Waals surface area (Å²) in [5.41, 5.74) is 4.02. The molecule has 2 aromatic heterocycles. The number of benzene rings is 3. The van der Waals surface area contributed by atoms with Crippen molar-refractivity contribution in [2.24, 2.45) is 0 Å². The minimum Gasteiger partial charge on any atom is -0.487 e. The zero-order valence-corrected chi connectivity index (χ0v) is 22.7. The second-order valence-corrected chi connectivity index (χ2v) is 10.3. The Labute approximate surface area is 236 Å². The fraction of sp³-hybridized carbons (Fsp3) is 0.267. The van der Waals surface area contributed by atoms with Crippen LogP contribution in [0.5, 0.6) is 5.75 Å². The van der Waals surface area contributed by atoms with Crippen LogP contribution in [0.25, 0.3) is 22.2 Å². The molecule has 6 rings (SSSR count). The molecule has 10 heteroatoms. The second kappa shape index (κ2) is 12.0. The van der Waals surface area contributed by atoms with Crippen LogP contribution in [-0.4, -0.2) is 49.5 Å². The molecule has 5 aromatic rings. The summed E-state index contributed by atoms with van der Waals surface area (Å²) in [4.78, 5) is 11.4. The highest BCUT2D eigenvalue weighted by Gasteiger charge is 2.13. The zero-order chi connectivity index (χ0) is 27.3. The predicted molar refractivity (Wildman–Crippen MR) is 154 cm³/mol. The Hall–Kier alpha value is -4.08. The van der Waals surface area contributed by atoms with E-state index in [1.807, 2.05) is 35.1 Å². The van der Waals surface area contributed by atoms with E-state index in [-0.39, 0.29) is 12.4 Å². The maximum absolute atomic E-state index is 13.5. The highest BCUT2D eigenvalue weighted by atomic mass is 35.5. The van der Waals surface area contributed by atoms with Gasteiger partial charge in [-0.1, -0.05) is 41.4 Å². The Kier molecular flexibility index (Phi) is 7.83. The van der Waals surface area contributed by atoms with Gasteiger partial charge in [-0.25, -0.2) is 14.4 Å². The van der Waals surface area contributed by atoms with Crippen molar-refractivity contribution in [1.29, 1.82) is 0 Å². The van der Waals surface area contributed by atoms with Gasteiger partial charge in [0.25, 0.3) is 0 Å². The summed E-state index contributed by atoms with van der Waals surface area (Å²) >= 11 is 6.50. The van der Waals surface area contributed by atoms with E-state index < -0.39 is 0 Å². The van der Waals surface area contributed by atoms with E-state index in [2.05, 4.69) is 30.5 Å². The number of likely N-dealkylation sites (tertiary alicyclic amines) is 1. The molecule has 0 atom stereocenters. The van der Waals surface area contributed by atoms with Crippen molar-refractivity contribution < 1.29 is 9.13 Å². The summed E-state index contributed by atoms with van der Waals surface area (Å²) in [7, 11) is 0. The fourth-order valence-corrected chi connectivity index (χ4v) is 5.14. The van der Waals surface area contributed by atoms with Crippen LogP contribution < -0.4 is 10.1 Å². The van der Waals surface area contributed by atoms with Crippen LogP contribution in [0, 0.1) is 5.82 Å². The average Bonchev–Trinajstić information content (AvgIpc) is 3.45. The van der Waals surface area contributed by atoms with E-state index in [4.69, 9.17) is 16.3 Å². The largest absolute Gasteiger partial charge is 0.487 e. The van der Waals surface area contributed by atoms with Crippen LogP contribution >= 0.6 is 11.6 Å². The number of hydrogen-bond donors (Lipinski definition) is 1. The lowest BCUT2D eigenvalue weighted by Gasteiger charge is -2.25. The molecular weight excluding hydrogens is 529 g/mol. The monoisotopic (exact) mass is 557 g/mol. The predicted octanol–water partition coefficient (Wildman–Crippen LogP) is 6.49. The van der Waals surface area contributed by atoms with E-state index in [0.29, 0.717) is 16.6 Å². The normalized spacial score (nSPS) is 13.9. The third kappa shape index (κ3) is 6.21. The van der Waals surface area contributed by atoms with Gasteiger partial charge in [0.05, 0.1) is 23.3 Å². The van der Waals surface area contributed by atoms with Crippen LogP contribution in [0.3, 0.4) is 0 Å². The number of nitrogens with zero attached hydrogens (tertiary/aromatic N) is 6. The minimum absolute atomic E-state index is 0.215. The van der Waals surface area contributed by atoms with Crippen molar-refractivity contribution in [1.82, 2.24) is 29.9 Å². The van der Waals surface area contributed by atoms with Crippen LogP contribution in [0.15, 0.2) is 73.2 Å². The molecule has 1 aliphatic rings. The van der Waals surface area contributed by atoms with Crippen LogP contribution in [0.2, 0.25) is 5.02 Å². The zero-order valence-electron chi connectivity index (χ0n) is 21.9. The third-order valence-electron chi connectivity index (χ3n) is 7.04. The molecule has 0 amide bonds. The first-order chi connectivity index (χ1) is 19.6. The van der Waals surface area contributed by atoms with E-state index in [9.17, 15) is 4.39 Å². The highest BCUT2D eigenvalue weighted by Crippen LogP contribution is 2.32. The molecule has 1 N–H and O–H groups in total. The molecule has 8 nitrogen and oxygen atoms in total. The maximum Gasteiger partial charge on any atom is 0.141 e. The summed E-state index contributed by atoms with van der Waals surface area (Å²) in [6.07, 6.45) is 7.40. The van der Waals surface area contributed by atoms with Crippen LogP contribution in [0.1, 0.15) is 24.8 Å². The third-order valence-corrected chi connectivity index (χ3v) is 7.34. The summed E-state index contributed by atoms with van der Waals surface area (Å²) in [6, 6.07) is 17.7. The molecule has 1 aliphatic heterocycles. The van der Waals surface area contributed by atoms with Crippen LogP contribution in [0.4, 0.5) is 15.9 Å². The number of ether oxygens (including phenoxy) is 1. The van der Waals surface area contributed by atoms with Crippen molar-refractivity contribution >= 4 is 34.0 Å². The summed E-state index contributed by atoms with van der Waals surface area (Å²) in [6.45, 7) is 4.35. The van der Waals surface area contributed by atoms with Gasteiger partial charge < -0.3 is 15.0 Å². The lowest BCUT2D eigenvalue weighted by Crippen LogP contribution is -2.32. The maximum atomic E-state index is 13.5. The lowest BCUT2D eigenvalue weighted by atomic mass is 10.1. The molecule has 3 heterocycles. The van der Waals surface area contributed by atoms with Gasteiger partial charge in [0, 0.05) is 23.2 Å². The van der Waals surface area contributed by atoms with Gasteiger partial charge in [-0.15, -0.1) is 5.10 Å². The van der Waals surface area contributed by atoms with Crippen molar-refractivity contribution in [3.63, 3.8) is 0 Å². The Morgan fingerprint density at radius 2 is 1.85 bits per heavy atom. The smallest absolute Gasteiger partial charge is 0.141 e. The number of nitrogens with one attached hydrogen (secondary N) is 1.